The van der Waals surface area contributed by atoms with Gasteiger partial charge >= 0.3 is 5.97 Å². The zero-order valence-corrected chi connectivity index (χ0v) is 17.5. The van der Waals surface area contributed by atoms with Crippen molar-refractivity contribution in [2.45, 2.75) is 4.90 Å². The zero-order valence-electron chi connectivity index (χ0n) is 14.5. The lowest BCUT2D eigenvalue weighted by molar-refractivity contribution is -0.139. The van der Waals surface area contributed by atoms with Gasteiger partial charge in [0.05, 0.1) is 11.2 Å². The molecule has 29 heavy (non-hydrogen) atoms. The number of fused-ring (bicyclic) bond motifs is 1. The first-order valence-corrected chi connectivity index (χ1v) is 10.4. The van der Waals surface area contributed by atoms with Crippen molar-refractivity contribution < 1.29 is 32.7 Å². The highest BCUT2D eigenvalue weighted by atomic mass is 127. The predicted molar refractivity (Wildman–Crippen MR) is 113 cm³/mol. The Morgan fingerprint density at radius 2 is 1.93 bits per heavy atom. The van der Waals surface area contributed by atoms with Crippen LogP contribution in [0.25, 0.3) is 10.9 Å². The van der Waals surface area contributed by atoms with Gasteiger partial charge in [-0.25, -0.2) is 4.79 Å². The molecule has 0 bridgehead atoms. The average Bonchev–Trinajstić information content (AvgIpc) is 2.66. The number of benzene rings is 2. The molecule has 0 saturated heterocycles. The van der Waals surface area contributed by atoms with E-state index >= 15 is 0 Å². The molecule has 3 aromatic rings. The van der Waals surface area contributed by atoms with E-state index in [2.05, 4.69) is 32.6 Å². The third kappa shape index (κ3) is 4.99. The Labute approximate surface area is 178 Å². The van der Waals surface area contributed by atoms with Crippen LogP contribution in [0.4, 0.5) is 5.69 Å². The lowest BCUT2D eigenvalue weighted by Crippen LogP contribution is -2.10. The number of nitrogens with zero attached hydrogens (tertiary/aromatic N) is 2. The molecule has 0 aliphatic carbocycles. The van der Waals surface area contributed by atoms with E-state index in [1.807, 2.05) is 12.1 Å². The minimum Gasteiger partial charge on any atom is -0.504 e. The molecule has 0 atom stereocenters. The van der Waals surface area contributed by atoms with Gasteiger partial charge in [-0.2, -0.15) is 8.42 Å². The van der Waals surface area contributed by atoms with Gasteiger partial charge in [0.2, 0.25) is 0 Å². The Bertz CT molecular complexity index is 1230. The molecule has 3 N–H and O–H groups in total. The standard InChI is InChI=1S/C18H13IN2O7S/c19-10-1-3-11(4-2-10)20-8-14-13-5-12(29(25,26)27)7-21-15(13)6-16(18(14)24)28-9-17(22)23/h1-8,24H,9H2,(H,22,23)(H,25,26,27). The Kier molecular flexibility index (Phi) is 6.00. The number of ether oxygens (including phenoxy) is 1. The molecule has 0 fully saturated rings. The summed E-state index contributed by atoms with van der Waals surface area (Å²) in [6.45, 7) is -0.699. The summed E-state index contributed by atoms with van der Waals surface area (Å²) in [5.74, 6) is -1.84. The number of aromatic nitrogens is 1. The van der Waals surface area contributed by atoms with Crippen LogP contribution >= 0.6 is 22.6 Å². The SMILES string of the molecule is O=C(O)COc1cc2ncc(S(=O)(=O)O)cc2c(C=Nc2ccc(I)cc2)c1O. The number of aliphatic imine (C=N–C) groups is 1. The van der Waals surface area contributed by atoms with E-state index in [9.17, 15) is 22.9 Å². The van der Waals surface area contributed by atoms with Crippen molar-refractivity contribution in [2.75, 3.05) is 6.61 Å². The summed E-state index contributed by atoms with van der Waals surface area (Å²) in [6, 6.07) is 9.54. The van der Waals surface area contributed by atoms with Crippen molar-refractivity contribution in [3.63, 3.8) is 0 Å². The highest BCUT2D eigenvalue weighted by Crippen LogP contribution is 2.36. The monoisotopic (exact) mass is 528 g/mol. The number of phenolic OH excluding ortho intramolecular Hbond substituents is 1. The Hall–Kier alpha value is -2.77. The number of pyridine rings is 1. The van der Waals surface area contributed by atoms with Gasteiger partial charge in [-0.3, -0.25) is 14.5 Å². The fraction of sp³-hybridized carbons (Fsp3) is 0.0556. The predicted octanol–water partition coefficient (Wildman–Crippen LogP) is 3.01. The lowest BCUT2D eigenvalue weighted by Gasteiger charge is -2.11. The second kappa shape index (κ2) is 8.31. The van der Waals surface area contributed by atoms with Crippen LogP contribution in [-0.4, -0.2) is 47.0 Å². The molecule has 3 rings (SSSR count). The number of phenols is 1. The largest absolute Gasteiger partial charge is 0.504 e. The Balaban J connectivity index is 2.19. The molecule has 150 valence electrons. The summed E-state index contributed by atoms with van der Waals surface area (Å²) >= 11 is 2.14. The first-order chi connectivity index (χ1) is 13.6. The molecule has 0 spiro atoms. The molecular weight excluding hydrogens is 515 g/mol. The molecule has 11 heteroatoms. The van der Waals surface area contributed by atoms with Crippen LogP contribution in [0.3, 0.4) is 0 Å². The van der Waals surface area contributed by atoms with Crippen LogP contribution in [0.2, 0.25) is 0 Å². The number of carboxylic acids is 1. The maximum absolute atomic E-state index is 11.5. The molecular formula is C18H13IN2O7S. The molecule has 9 nitrogen and oxygen atoms in total. The number of aliphatic carboxylic acids is 1. The van der Waals surface area contributed by atoms with E-state index in [1.165, 1.54) is 12.3 Å². The van der Waals surface area contributed by atoms with Crippen molar-refractivity contribution in [2.24, 2.45) is 4.99 Å². The molecule has 0 aliphatic rings. The van der Waals surface area contributed by atoms with Gasteiger partial charge in [-0.05, 0) is 52.9 Å². The van der Waals surface area contributed by atoms with Crippen LogP contribution in [0.5, 0.6) is 11.5 Å². The van der Waals surface area contributed by atoms with Crippen molar-refractivity contribution in [1.29, 1.82) is 0 Å². The second-order valence-electron chi connectivity index (χ2n) is 5.77. The summed E-state index contributed by atoms with van der Waals surface area (Å²) in [5.41, 5.74) is 0.827. The summed E-state index contributed by atoms with van der Waals surface area (Å²) in [4.78, 5) is 18.5. The van der Waals surface area contributed by atoms with Gasteiger partial charge in [-0.15, -0.1) is 0 Å². The number of carbonyl (C=O) groups is 1. The van der Waals surface area contributed by atoms with Crippen LogP contribution < -0.4 is 4.74 Å². The number of rotatable bonds is 6. The fourth-order valence-electron chi connectivity index (χ4n) is 2.43. The number of halogens is 1. The molecule has 1 heterocycles. The normalized spacial score (nSPS) is 11.8. The first-order valence-electron chi connectivity index (χ1n) is 7.92. The van der Waals surface area contributed by atoms with Crippen molar-refractivity contribution in [3.8, 4) is 11.5 Å². The first kappa shape index (κ1) is 21.0. The smallest absolute Gasteiger partial charge is 0.341 e. The Morgan fingerprint density at radius 1 is 1.24 bits per heavy atom. The van der Waals surface area contributed by atoms with Gasteiger partial charge in [0.15, 0.2) is 18.1 Å². The van der Waals surface area contributed by atoms with Gasteiger partial charge in [0.25, 0.3) is 10.1 Å². The van der Waals surface area contributed by atoms with Crippen LogP contribution in [0.15, 0.2) is 52.5 Å². The van der Waals surface area contributed by atoms with Crippen molar-refractivity contribution in [3.05, 3.63) is 51.7 Å². The van der Waals surface area contributed by atoms with E-state index in [0.717, 1.165) is 15.8 Å². The number of carboxylic acid groups (broad SMARTS) is 1. The molecule has 0 aliphatic heterocycles. The average molecular weight is 528 g/mol. The molecule has 2 aromatic carbocycles. The fourth-order valence-corrected chi connectivity index (χ4v) is 3.24. The minimum absolute atomic E-state index is 0.0550. The van der Waals surface area contributed by atoms with Gasteiger partial charge in [0.1, 0.15) is 4.90 Å². The molecule has 0 radical (unpaired) electrons. The van der Waals surface area contributed by atoms with Crippen LogP contribution in [-0.2, 0) is 14.9 Å². The second-order valence-corrected chi connectivity index (χ2v) is 8.43. The van der Waals surface area contributed by atoms with Crippen molar-refractivity contribution >= 4 is 61.5 Å². The molecule has 0 unspecified atom stereocenters. The maximum atomic E-state index is 11.5. The van der Waals surface area contributed by atoms with E-state index in [-0.39, 0.29) is 22.2 Å². The lowest BCUT2D eigenvalue weighted by atomic mass is 10.1. The summed E-state index contributed by atoms with van der Waals surface area (Å²) in [6.07, 6.45) is 2.22. The topological polar surface area (TPSA) is 146 Å². The third-order valence-corrected chi connectivity index (χ3v) is 5.30. The van der Waals surface area contributed by atoms with E-state index in [0.29, 0.717) is 5.69 Å². The van der Waals surface area contributed by atoms with Gasteiger partial charge < -0.3 is 14.9 Å². The Morgan fingerprint density at radius 3 is 2.55 bits per heavy atom. The van der Waals surface area contributed by atoms with Gasteiger partial charge in [-0.1, -0.05) is 0 Å². The van der Waals surface area contributed by atoms with E-state index < -0.39 is 33.3 Å². The van der Waals surface area contributed by atoms with E-state index in [4.69, 9.17) is 9.84 Å². The zero-order chi connectivity index (χ0) is 21.2. The minimum atomic E-state index is -4.53. The number of hydrogen-bond acceptors (Lipinski definition) is 7. The highest BCUT2D eigenvalue weighted by molar-refractivity contribution is 14.1. The molecule has 1 aromatic heterocycles. The molecule has 0 amide bonds. The number of hydrogen-bond donors (Lipinski definition) is 3. The summed E-state index contributed by atoms with van der Waals surface area (Å²) < 4.78 is 38.3. The quantitative estimate of drug-likeness (QED) is 0.252. The van der Waals surface area contributed by atoms with Crippen LogP contribution in [0.1, 0.15) is 5.56 Å². The highest BCUT2D eigenvalue weighted by Gasteiger charge is 2.18. The summed E-state index contributed by atoms with van der Waals surface area (Å²) in [7, 11) is -4.53. The summed E-state index contributed by atoms with van der Waals surface area (Å²) in [5, 5.41) is 19.5. The van der Waals surface area contributed by atoms with Gasteiger partial charge in [0, 0.05) is 33.0 Å². The van der Waals surface area contributed by atoms with Crippen molar-refractivity contribution in [1.82, 2.24) is 4.98 Å². The third-order valence-electron chi connectivity index (χ3n) is 3.76. The van der Waals surface area contributed by atoms with Crippen LogP contribution in [0, 0.1) is 3.57 Å². The number of aromatic hydroxyl groups is 1. The molecule has 0 saturated carbocycles. The van der Waals surface area contributed by atoms with E-state index in [1.54, 1.807) is 12.1 Å². The maximum Gasteiger partial charge on any atom is 0.341 e.